The van der Waals surface area contributed by atoms with Crippen LogP contribution in [0.25, 0.3) is 0 Å². The molecule has 0 saturated carbocycles. The Morgan fingerprint density at radius 2 is 2.38 bits per heavy atom. The Morgan fingerprint density at radius 3 is 2.92 bits per heavy atom. The molecule has 4 nitrogen and oxygen atoms in total. The second-order valence-corrected chi connectivity index (χ2v) is 2.51. The molecular formula is C8H8FNO3. The summed E-state index contributed by atoms with van der Waals surface area (Å²) in [6.45, 7) is 0. The minimum Gasteiger partial charge on any atom is -0.479 e. The van der Waals surface area contributed by atoms with Crippen LogP contribution in [0.4, 0.5) is 4.39 Å². The van der Waals surface area contributed by atoms with E-state index in [1.165, 1.54) is 18.3 Å². The molecule has 70 valence electrons. The van der Waals surface area contributed by atoms with E-state index in [0.29, 0.717) is 0 Å². The standard InChI is InChI=1S/C8H8FNO3/c9-7-5(2-1-3-10-7)4-6(11)8(12)13/h1-3,6,11H,4H2,(H,12,13). The van der Waals surface area contributed by atoms with E-state index in [1.54, 1.807) is 0 Å². The van der Waals surface area contributed by atoms with E-state index in [9.17, 15) is 9.18 Å². The SMILES string of the molecule is O=C(O)C(O)Cc1cccnc1F. The van der Waals surface area contributed by atoms with Gasteiger partial charge in [0, 0.05) is 18.2 Å². The molecule has 0 bridgehead atoms. The monoisotopic (exact) mass is 185 g/mol. The van der Waals surface area contributed by atoms with Crippen LogP contribution < -0.4 is 0 Å². The van der Waals surface area contributed by atoms with Crippen LogP contribution in [0.15, 0.2) is 18.3 Å². The molecule has 0 amide bonds. The summed E-state index contributed by atoms with van der Waals surface area (Å²) < 4.78 is 12.8. The van der Waals surface area contributed by atoms with Gasteiger partial charge in [0.15, 0.2) is 6.10 Å². The lowest BCUT2D eigenvalue weighted by Crippen LogP contribution is -2.22. The quantitative estimate of drug-likeness (QED) is 0.660. The predicted octanol–water partition coefficient (Wildman–Crippen LogP) is 0.209. The number of aliphatic carboxylic acids is 1. The van der Waals surface area contributed by atoms with Gasteiger partial charge in [-0.1, -0.05) is 6.07 Å². The Hall–Kier alpha value is -1.49. The number of pyridine rings is 1. The molecule has 13 heavy (non-hydrogen) atoms. The first-order valence-corrected chi connectivity index (χ1v) is 3.61. The van der Waals surface area contributed by atoms with Gasteiger partial charge < -0.3 is 10.2 Å². The number of hydrogen-bond acceptors (Lipinski definition) is 3. The second kappa shape index (κ2) is 3.95. The molecule has 0 radical (unpaired) electrons. The number of hydrogen-bond donors (Lipinski definition) is 2. The van der Waals surface area contributed by atoms with Crippen molar-refractivity contribution in [1.82, 2.24) is 4.98 Å². The summed E-state index contributed by atoms with van der Waals surface area (Å²) in [5, 5.41) is 17.3. The van der Waals surface area contributed by atoms with Gasteiger partial charge in [-0.25, -0.2) is 9.78 Å². The highest BCUT2D eigenvalue weighted by Crippen LogP contribution is 2.06. The molecule has 1 aromatic heterocycles. The molecule has 5 heteroatoms. The fourth-order valence-corrected chi connectivity index (χ4v) is 0.867. The normalized spacial score (nSPS) is 12.5. The second-order valence-electron chi connectivity index (χ2n) is 2.51. The minimum absolute atomic E-state index is 0.0948. The first-order chi connectivity index (χ1) is 6.11. The van der Waals surface area contributed by atoms with Crippen LogP contribution in [0.5, 0.6) is 0 Å². The van der Waals surface area contributed by atoms with Crippen molar-refractivity contribution < 1.29 is 19.4 Å². The lowest BCUT2D eigenvalue weighted by molar-refractivity contribution is -0.146. The average molecular weight is 185 g/mol. The third-order valence-corrected chi connectivity index (χ3v) is 1.53. The fraction of sp³-hybridized carbons (Fsp3) is 0.250. The Labute approximate surface area is 73.7 Å². The average Bonchev–Trinajstić information content (AvgIpc) is 2.08. The van der Waals surface area contributed by atoms with Gasteiger partial charge in [0.2, 0.25) is 5.95 Å². The van der Waals surface area contributed by atoms with E-state index in [2.05, 4.69) is 4.98 Å². The molecule has 0 fully saturated rings. The van der Waals surface area contributed by atoms with E-state index >= 15 is 0 Å². The summed E-state index contributed by atoms with van der Waals surface area (Å²) in [5.41, 5.74) is 0.0948. The molecule has 1 unspecified atom stereocenters. The molecule has 1 rings (SSSR count). The zero-order valence-electron chi connectivity index (χ0n) is 6.64. The van der Waals surface area contributed by atoms with E-state index in [-0.39, 0.29) is 12.0 Å². The van der Waals surface area contributed by atoms with Crippen molar-refractivity contribution in [3.63, 3.8) is 0 Å². The Balaban J connectivity index is 2.74. The number of nitrogens with zero attached hydrogens (tertiary/aromatic N) is 1. The fourth-order valence-electron chi connectivity index (χ4n) is 0.867. The van der Waals surface area contributed by atoms with Gasteiger partial charge in [-0.3, -0.25) is 0 Å². The Morgan fingerprint density at radius 1 is 1.69 bits per heavy atom. The van der Waals surface area contributed by atoms with Crippen LogP contribution in [0.2, 0.25) is 0 Å². The van der Waals surface area contributed by atoms with Crippen molar-refractivity contribution in [1.29, 1.82) is 0 Å². The van der Waals surface area contributed by atoms with Crippen molar-refractivity contribution in [2.75, 3.05) is 0 Å². The Kier molecular flexibility index (Phi) is 2.92. The number of carbonyl (C=O) groups is 1. The lowest BCUT2D eigenvalue weighted by atomic mass is 10.1. The summed E-state index contributed by atoms with van der Waals surface area (Å²) in [5.74, 6) is -2.12. The smallest absolute Gasteiger partial charge is 0.332 e. The predicted molar refractivity (Wildman–Crippen MR) is 41.5 cm³/mol. The molecule has 0 aromatic carbocycles. The van der Waals surface area contributed by atoms with Crippen molar-refractivity contribution in [3.8, 4) is 0 Å². The number of rotatable bonds is 3. The summed E-state index contributed by atoms with van der Waals surface area (Å²) in [6.07, 6.45) is -0.597. The summed E-state index contributed by atoms with van der Waals surface area (Å²) in [6, 6.07) is 2.86. The van der Waals surface area contributed by atoms with Crippen LogP contribution in [0.1, 0.15) is 5.56 Å². The first kappa shape index (κ1) is 9.60. The number of aliphatic hydroxyl groups excluding tert-OH is 1. The lowest BCUT2D eigenvalue weighted by Gasteiger charge is -2.04. The van der Waals surface area contributed by atoms with Gasteiger partial charge >= 0.3 is 5.97 Å². The molecule has 2 N–H and O–H groups in total. The third kappa shape index (κ3) is 2.48. The van der Waals surface area contributed by atoms with Crippen LogP contribution in [0, 0.1) is 5.95 Å². The van der Waals surface area contributed by atoms with Gasteiger partial charge in [-0.05, 0) is 6.07 Å². The van der Waals surface area contributed by atoms with Crippen molar-refractivity contribution in [3.05, 3.63) is 29.8 Å². The molecule has 0 saturated heterocycles. The number of carboxylic acid groups (broad SMARTS) is 1. The van der Waals surface area contributed by atoms with Gasteiger partial charge in [0.05, 0.1) is 0 Å². The van der Waals surface area contributed by atoms with Crippen LogP contribution in [-0.4, -0.2) is 27.3 Å². The van der Waals surface area contributed by atoms with E-state index in [4.69, 9.17) is 10.2 Å². The summed E-state index contributed by atoms with van der Waals surface area (Å²) >= 11 is 0. The third-order valence-electron chi connectivity index (χ3n) is 1.53. The molecule has 0 aliphatic heterocycles. The maximum absolute atomic E-state index is 12.8. The van der Waals surface area contributed by atoms with E-state index in [0.717, 1.165) is 0 Å². The van der Waals surface area contributed by atoms with Crippen molar-refractivity contribution in [2.24, 2.45) is 0 Å². The van der Waals surface area contributed by atoms with Crippen LogP contribution >= 0.6 is 0 Å². The maximum atomic E-state index is 12.8. The van der Waals surface area contributed by atoms with Gasteiger partial charge in [0.25, 0.3) is 0 Å². The van der Waals surface area contributed by atoms with Crippen molar-refractivity contribution >= 4 is 5.97 Å². The molecule has 1 heterocycles. The maximum Gasteiger partial charge on any atom is 0.332 e. The molecule has 0 spiro atoms. The van der Waals surface area contributed by atoms with Gasteiger partial charge in [0.1, 0.15) is 0 Å². The molecule has 1 aromatic rings. The summed E-state index contributed by atoms with van der Waals surface area (Å²) in [4.78, 5) is 13.5. The van der Waals surface area contributed by atoms with Crippen molar-refractivity contribution in [2.45, 2.75) is 12.5 Å². The van der Waals surface area contributed by atoms with E-state index < -0.39 is 18.0 Å². The zero-order valence-corrected chi connectivity index (χ0v) is 6.64. The Bertz CT molecular complexity index is 316. The molecule has 0 aliphatic carbocycles. The minimum atomic E-state index is -1.58. The highest BCUT2D eigenvalue weighted by Gasteiger charge is 2.15. The highest BCUT2D eigenvalue weighted by molar-refractivity contribution is 5.72. The number of halogens is 1. The number of aromatic nitrogens is 1. The van der Waals surface area contributed by atoms with Gasteiger partial charge in [-0.2, -0.15) is 4.39 Å². The largest absolute Gasteiger partial charge is 0.479 e. The van der Waals surface area contributed by atoms with Crippen LogP contribution in [0.3, 0.4) is 0 Å². The molecule has 0 aliphatic rings. The summed E-state index contributed by atoms with van der Waals surface area (Å²) in [7, 11) is 0. The van der Waals surface area contributed by atoms with Crippen LogP contribution in [-0.2, 0) is 11.2 Å². The number of aliphatic hydroxyl groups is 1. The number of carboxylic acids is 1. The highest BCUT2D eigenvalue weighted by atomic mass is 19.1. The topological polar surface area (TPSA) is 70.4 Å². The van der Waals surface area contributed by atoms with Gasteiger partial charge in [-0.15, -0.1) is 0 Å². The van der Waals surface area contributed by atoms with E-state index in [1.807, 2.05) is 0 Å². The molecule has 1 atom stereocenters. The zero-order chi connectivity index (χ0) is 9.84. The molecular weight excluding hydrogens is 177 g/mol. The first-order valence-electron chi connectivity index (χ1n) is 3.61.